The molecule has 0 bridgehead atoms. The maximum atomic E-state index is 12.9. The largest absolute Gasteiger partial charge is 0.573 e. The highest BCUT2D eigenvalue weighted by Gasteiger charge is 2.37. The minimum absolute atomic E-state index is 0.145. The highest BCUT2D eigenvalue weighted by Crippen LogP contribution is 2.32. The molecular weight excluding hydrogens is 385 g/mol. The summed E-state index contributed by atoms with van der Waals surface area (Å²) in [5.41, 5.74) is 0. The molecule has 2 fully saturated rings. The second-order valence-corrected chi connectivity index (χ2v) is 8.71. The van der Waals surface area contributed by atoms with Crippen LogP contribution in [0.15, 0.2) is 29.2 Å². The molecule has 0 saturated carbocycles. The van der Waals surface area contributed by atoms with Crippen LogP contribution in [0.3, 0.4) is 0 Å². The van der Waals surface area contributed by atoms with Crippen molar-refractivity contribution in [3.63, 3.8) is 0 Å². The van der Waals surface area contributed by atoms with E-state index < -0.39 is 27.0 Å². The van der Waals surface area contributed by atoms with E-state index in [9.17, 15) is 21.6 Å². The van der Waals surface area contributed by atoms with Crippen LogP contribution in [0.1, 0.15) is 19.8 Å². The molecular formula is C17H23F3N2O4S. The van der Waals surface area contributed by atoms with Gasteiger partial charge in [0.15, 0.2) is 0 Å². The molecule has 2 saturated heterocycles. The van der Waals surface area contributed by atoms with E-state index in [1.807, 2.05) is 6.92 Å². The zero-order valence-corrected chi connectivity index (χ0v) is 15.8. The Balaban J connectivity index is 1.70. The number of morpholine rings is 1. The number of hydrogen-bond donors (Lipinski definition) is 0. The smallest absolute Gasteiger partial charge is 0.404 e. The fraction of sp³-hybridized carbons (Fsp3) is 0.647. The minimum atomic E-state index is -4.95. The van der Waals surface area contributed by atoms with Gasteiger partial charge in [0.2, 0.25) is 10.0 Å². The third-order valence-electron chi connectivity index (χ3n) is 4.91. The summed E-state index contributed by atoms with van der Waals surface area (Å²) in [5.74, 6) is -0.700. The second kappa shape index (κ2) is 7.94. The van der Waals surface area contributed by atoms with Crippen molar-refractivity contribution in [2.24, 2.45) is 0 Å². The van der Waals surface area contributed by atoms with Crippen molar-refractivity contribution in [3.8, 4) is 5.75 Å². The van der Waals surface area contributed by atoms with Crippen molar-refractivity contribution in [1.29, 1.82) is 0 Å². The van der Waals surface area contributed by atoms with E-state index >= 15 is 0 Å². The molecule has 0 aromatic heterocycles. The number of halogens is 3. The number of nitrogens with zero attached hydrogens (tertiary/aromatic N) is 2. The number of piperidine rings is 1. The van der Waals surface area contributed by atoms with Crippen molar-refractivity contribution in [2.45, 2.75) is 43.2 Å². The Bertz CT molecular complexity index is 749. The van der Waals surface area contributed by atoms with E-state index in [4.69, 9.17) is 4.74 Å². The van der Waals surface area contributed by atoms with Crippen molar-refractivity contribution in [1.82, 2.24) is 9.21 Å². The summed E-state index contributed by atoms with van der Waals surface area (Å²) in [7, 11) is -4.06. The monoisotopic (exact) mass is 408 g/mol. The molecule has 1 aromatic rings. The number of para-hydroxylation sites is 1. The van der Waals surface area contributed by atoms with Crippen LogP contribution in [0.5, 0.6) is 5.75 Å². The van der Waals surface area contributed by atoms with Gasteiger partial charge in [-0.15, -0.1) is 13.2 Å². The lowest BCUT2D eigenvalue weighted by Gasteiger charge is -2.41. The van der Waals surface area contributed by atoms with Crippen molar-refractivity contribution >= 4 is 10.0 Å². The van der Waals surface area contributed by atoms with Crippen LogP contribution in [0.25, 0.3) is 0 Å². The number of sulfonamides is 1. The average molecular weight is 408 g/mol. The standard InChI is InChI=1S/C17H23F3N2O4S/c1-13-12-21(10-11-25-13)14-6-8-22(9-7-14)27(23,24)16-5-3-2-4-15(16)26-17(18,19)20/h2-5,13-14H,6-12H2,1H3. The molecule has 10 heteroatoms. The van der Waals surface area contributed by atoms with Crippen LogP contribution in [0, 0.1) is 0 Å². The Morgan fingerprint density at radius 2 is 1.81 bits per heavy atom. The lowest BCUT2D eigenvalue weighted by molar-refractivity contribution is -0.275. The van der Waals surface area contributed by atoms with Crippen molar-refractivity contribution in [3.05, 3.63) is 24.3 Å². The van der Waals surface area contributed by atoms with E-state index in [0.717, 1.165) is 25.2 Å². The number of benzene rings is 1. The summed E-state index contributed by atoms with van der Waals surface area (Å²) >= 11 is 0. The topological polar surface area (TPSA) is 59.1 Å². The van der Waals surface area contributed by atoms with Gasteiger partial charge in [0.25, 0.3) is 0 Å². The quantitative estimate of drug-likeness (QED) is 0.766. The maximum absolute atomic E-state index is 12.9. The maximum Gasteiger partial charge on any atom is 0.573 e. The summed E-state index contributed by atoms with van der Waals surface area (Å²) in [6, 6.07) is 5.11. The van der Waals surface area contributed by atoms with Gasteiger partial charge >= 0.3 is 6.36 Å². The molecule has 2 aliphatic rings. The summed E-state index contributed by atoms with van der Waals surface area (Å²) in [4.78, 5) is 1.85. The summed E-state index contributed by atoms with van der Waals surface area (Å²) in [6.07, 6.45) is -3.54. The van der Waals surface area contributed by atoms with Crippen LogP contribution in [-0.4, -0.2) is 68.9 Å². The zero-order valence-electron chi connectivity index (χ0n) is 15.0. The van der Waals surface area contributed by atoms with E-state index in [2.05, 4.69) is 9.64 Å². The third-order valence-corrected chi connectivity index (χ3v) is 6.84. The predicted octanol–water partition coefficient (Wildman–Crippen LogP) is 2.46. The Morgan fingerprint density at radius 3 is 2.44 bits per heavy atom. The molecule has 1 atom stereocenters. The second-order valence-electron chi connectivity index (χ2n) is 6.81. The van der Waals surface area contributed by atoms with Gasteiger partial charge in [-0.25, -0.2) is 8.42 Å². The molecule has 1 aromatic carbocycles. The Morgan fingerprint density at radius 1 is 1.15 bits per heavy atom. The van der Waals surface area contributed by atoms with Crippen LogP contribution in [0.4, 0.5) is 13.2 Å². The first kappa shape index (κ1) is 20.4. The molecule has 2 aliphatic heterocycles. The summed E-state index contributed by atoms with van der Waals surface area (Å²) in [6.45, 7) is 4.80. The normalized spacial score (nSPS) is 24.1. The first-order valence-electron chi connectivity index (χ1n) is 8.87. The molecule has 3 rings (SSSR count). The van der Waals surface area contributed by atoms with Crippen LogP contribution in [0.2, 0.25) is 0 Å². The molecule has 27 heavy (non-hydrogen) atoms. The van der Waals surface area contributed by atoms with Crippen molar-refractivity contribution < 1.29 is 31.1 Å². The number of alkyl halides is 3. The fourth-order valence-electron chi connectivity index (χ4n) is 3.64. The molecule has 6 nitrogen and oxygen atoms in total. The van der Waals surface area contributed by atoms with Crippen LogP contribution in [-0.2, 0) is 14.8 Å². The molecule has 0 aliphatic carbocycles. The van der Waals surface area contributed by atoms with E-state index in [0.29, 0.717) is 19.4 Å². The first-order chi connectivity index (χ1) is 12.7. The molecule has 0 spiro atoms. The molecule has 2 heterocycles. The zero-order chi connectivity index (χ0) is 19.7. The lowest BCUT2D eigenvalue weighted by atomic mass is 10.0. The van der Waals surface area contributed by atoms with Gasteiger partial charge in [0.1, 0.15) is 10.6 Å². The minimum Gasteiger partial charge on any atom is -0.404 e. The Kier molecular flexibility index (Phi) is 5.99. The fourth-order valence-corrected chi connectivity index (χ4v) is 5.22. The summed E-state index contributed by atoms with van der Waals surface area (Å²) < 4.78 is 74.2. The highest BCUT2D eigenvalue weighted by atomic mass is 32.2. The molecule has 152 valence electrons. The lowest BCUT2D eigenvalue weighted by Crippen LogP contribution is -2.51. The SMILES string of the molecule is CC1CN(C2CCN(S(=O)(=O)c3ccccc3OC(F)(F)F)CC2)CCO1. The van der Waals surface area contributed by atoms with Gasteiger partial charge in [0, 0.05) is 32.2 Å². The highest BCUT2D eigenvalue weighted by molar-refractivity contribution is 7.89. The van der Waals surface area contributed by atoms with Gasteiger partial charge in [-0.3, -0.25) is 4.90 Å². The van der Waals surface area contributed by atoms with E-state index in [1.54, 1.807) is 0 Å². The Hall–Kier alpha value is -1.36. The third kappa shape index (κ3) is 4.92. The van der Waals surface area contributed by atoms with E-state index in [1.165, 1.54) is 16.4 Å². The van der Waals surface area contributed by atoms with Gasteiger partial charge in [-0.1, -0.05) is 12.1 Å². The van der Waals surface area contributed by atoms with Gasteiger partial charge in [-0.05, 0) is 31.9 Å². The van der Waals surface area contributed by atoms with Gasteiger partial charge in [-0.2, -0.15) is 4.31 Å². The Labute approximate surface area is 156 Å². The first-order valence-corrected chi connectivity index (χ1v) is 10.3. The number of ether oxygens (including phenoxy) is 2. The molecule has 0 N–H and O–H groups in total. The van der Waals surface area contributed by atoms with Crippen LogP contribution < -0.4 is 4.74 Å². The van der Waals surface area contributed by atoms with E-state index in [-0.39, 0.29) is 25.2 Å². The number of hydrogen-bond acceptors (Lipinski definition) is 5. The van der Waals surface area contributed by atoms with Gasteiger partial charge < -0.3 is 9.47 Å². The van der Waals surface area contributed by atoms with Crippen LogP contribution >= 0.6 is 0 Å². The molecule has 0 amide bonds. The average Bonchev–Trinajstić information content (AvgIpc) is 2.61. The molecule has 0 radical (unpaired) electrons. The molecule has 1 unspecified atom stereocenters. The van der Waals surface area contributed by atoms with Crippen molar-refractivity contribution in [2.75, 3.05) is 32.8 Å². The predicted molar refractivity (Wildman–Crippen MR) is 91.9 cm³/mol. The summed E-state index contributed by atoms with van der Waals surface area (Å²) in [5, 5.41) is 0. The van der Waals surface area contributed by atoms with Gasteiger partial charge in [0.05, 0.1) is 12.7 Å². The number of rotatable bonds is 4.